The van der Waals surface area contributed by atoms with Crippen molar-refractivity contribution < 1.29 is 4.74 Å². The van der Waals surface area contributed by atoms with Crippen molar-refractivity contribution in [1.29, 1.82) is 0 Å². The number of ether oxygens (including phenoxy) is 1. The van der Waals surface area contributed by atoms with Crippen molar-refractivity contribution in [2.75, 3.05) is 30.1 Å². The number of aryl methyl sites for hydroxylation is 1. The third-order valence-corrected chi connectivity index (χ3v) is 2.97. The Labute approximate surface area is 101 Å². The van der Waals surface area contributed by atoms with Gasteiger partial charge in [-0.1, -0.05) is 6.92 Å². The number of anilines is 2. The van der Waals surface area contributed by atoms with E-state index in [9.17, 15) is 0 Å². The molecular weight excluding hydrogens is 218 g/mol. The van der Waals surface area contributed by atoms with E-state index in [1.165, 1.54) is 0 Å². The van der Waals surface area contributed by atoms with Gasteiger partial charge >= 0.3 is 0 Å². The molecule has 2 heterocycles. The van der Waals surface area contributed by atoms with Gasteiger partial charge in [0.1, 0.15) is 17.5 Å². The van der Waals surface area contributed by atoms with E-state index in [0.29, 0.717) is 11.9 Å². The molecule has 94 valence electrons. The van der Waals surface area contributed by atoms with Crippen LogP contribution in [0, 0.1) is 6.92 Å². The normalized spacial score (nSPS) is 20.4. The van der Waals surface area contributed by atoms with Crippen molar-refractivity contribution in [2.45, 2.75) is 26.3 Å². The van der Waals surface area contributed by atoms with E-state index in [0.717, 1.165) is 37.8 Å². The van der Waals surface area contributed by atoms with Gasteiger partial charge in [-0.2, -0.15) is 0 Å². The summed E-state index contributed by atoms with van der Waals surface area (Å²) < 4.78 is 5.49. The summed E-state index contributed by atoms with van der Waals surface area (Å²) in [7, 11) is 0. The highest BCUT2D eigenvalue weighted by atomic mass is 16.5. The van der Waals surface area contributed by atoms with Gasteiger partial charge < -0.3 is 15.1 Å². The van der Waals surface area contributed by atoms with E-state index in [2.05, 4.69) is 27.2 Å². The highest BCUT2D eigenvalue weighted by Crippen LogP contribution is 2.21. The number of hydrogen-bond acceptors (Lipinski definition) is 6. The van der Waals surface area contributed by atoms with Gasteiger partial charge in [0.25, 0.3) is 0 Å². The second-order valence-corrected chi connectivity index (χ2v) is 4.13. The maximum atomic E-state index is 5.49. The van der Waals surface area contributed by atoms with E-state index < -0.39 is 0 Å². The first-order valence-electron chi connectivity index (χ1n) is 5.91. The second kappa shape index (κ2) is 5.29. The maximum absolute atomic E-state index is 5.49. The van der Waals surface area contributed by atoms with Crippen LogP contribution in [0.4, 0.5) is 11.6 Å². The summed E-state index contributed by atoms with van der Waals surface area (Å²) in [6.07, 6.45) is 1.04. The van der Waals surface area contributed by atoms with Crippen LogP contribution in [-0.4, -0.2) is 35.8 Å². The Morgan fingerprint density at radius 3 is 3.12 bits per heavy atom. The van der Waals surface area contributed by atoms with E-state index in [-0.39, 0.29) is 0 Å². The van der Waals surface area contributed by atoms with Crippen molar-refractivity contribution in [3.8, 4) is 0 Å². The van der Waals surface area contributed by atoms with Gasteiger partial charge in [0, 0.05) is 12.6 Å². The quantitative estimate of drug-likeness (QED) is 0.595. The van der Waals surface area contributed by atoms with Crippen molar-refractivity contribution in [3.05, 3.63) is 11.9 Å². The Morgan fingerprint density at radius 1 is 1.59 bits per heavy atom. The smallest absolute Gasteiger partial charge is 0.145 e. The van der Waals surface area contributed by atoms with Crippen LogP contribution >= 0.6 is 0 Å². The summed E-state index contributed by atoms with van der Waals surface area (Å²) in [5.41, 5.74) is 2.57. The van der Waals surface area contributed by atoms with E-state index in [1.54, 1.807) is 0 Å². The van der Waals surface area contributed by atoms with E-state index in [4.69, 9.17) is 10.6 Å². The van der Waals surface area contributed by atoms with Gasteiger partial charge in [0.05, 0.1) is 19.3 Å². The number of nitrogens with one attached hydrogen (secondary N) is 1. The molecule has 1 saturated heterocycles. The molecule has 1 atom stereocenters. The van der Waals surface area contributed by atoms with Crippen molar-refractivity contribution in [1.82, 2.24) is 9.97 Å². The third-order valence-electron chi connectivity index (χ3n) is 2.97. The second-order valence-electron chi connectivity index (χ2n) is 4.13. The van der Waals surface area contributed by atoms with Gasteiger partial charge in [-0.3, -0.25) is 0 Å². The fourth-order valence-electron chi connectivity index (χ4n) is 2.07. The van der Waals surface area contributed by atoms with Crippen molar-refractivity contribution in [3.63, 3.8) is 0 Å². The van der Waals surface area contributed by atoms with Gasteiger partial charge in [0.15, 0.2) is 0 Å². The lowest BCUT2D eigenvalue weighted by Gasteiger charge is -2.36. The first-order valence-corrected chi connectivity index (χ1v) is 5.91. The number of hydrogen-bond donors (Lipinski definition) is 2. The lowest BCUT2D eigenvalue weighted by molar-refractivity contribution is 0.0925. The van der Waals surface area contributed by atoms with Crippen LogP contribution in [0.3, 0.4) is 0 Å². The standard InChI is InChI=1S/C11H19N5O/c1-3-9-7-17-5-4-16(9)11-6-10(15-12)13-8(2)14-11/h6,9H,3-5,7,12H2,1-2H3,(H,13,14,15). The Hall–Kier alpha value is -1.40. The topological polar surface area (TPSA) is 76.3 Å². The fraction of sp³-hybridized carbons (Fsp3) is 0.636. The number of aromatic nitrogens is 2. The zero-order chi connectivity index (χ0) is 12.3. The first kappa shape index (κ1) is 12.1. The predicted octanol–water partition coefficient (Wildman–Crippen LogP) is 0.686. The molecule has 3 N–H and O–H groups in total. The number of morpholine rings is 1. The number of nitrogen functional groups attached to an aromatic ring is 1. The molecule has 1 unspecified atom stereocenters. The van der Waals surface area contributed by atoms with Gasteiger partial charge in [0.2, 0.25) is 0 Å². The molecule has 17 heavy (non-hydrogen) atoms. The maximum Gasteiger partial charge on any atom is 0.145 e. The van der Waals surface area contributed by atoms with Crippen LogP contribution in [0.15, 0.2) is 6.07 Å². The van der Waals surface area contributed by atoms with Crippen LogP contribution in [0.2, 0.25) is 0 Å². The minimum atomic E-state index is 0.378. The highest BCUT2D eigenvalue weighted by Gasteiger charge is 2.23. The molecule has 2 rings (SSSR count). The average Bonchev–Trinajstić information content (AvgIpc) is 2.37. The summed E-state index contributed by atoms with van der Waals surface area (Å²) in [5, 5.41) is 0. The average molecular weight is 237 g/mol. The molecule has 6 heteroatoms. The first-order chi connectivity index (χ1) is 8.24. The molecule has 0 bridgehead atoms. The Balaban J connectivity index is 2.27. The molecule has 0 aliphatic carbocycles. The minimum Gasteiger partial charge on any atom is -0.377 e. The molecule has 1 aliphatic rings. The Morgan fingerprint density at radius 2 is 2.41 bits per heavy atom. The number of rotatable bonds is 3. The molecule has 1 aliphatic heterocycles. The zero-order valence-corrected chi connectivity index (χ0v) is 10.3. The molecule has 0 saturated carbocycles. The molecule has 6 nitrogen and oxygen atoms in total. The summed E-state index contributed by atoms with van der Waals surface area (Å²) in [6.45, 7) is 6.38. The van der Waals surface area contributed by atoms with Gasteiger partial charge in [-0.05, 0) is 13.3 Å². The summed E-state index contributed by atoms with van der Waals surface area (Å²) in [5.74, 6) is 7.68. The Kier molecular flexibility index (Phi) is 3.75. The zero-order valence-electron chi connectivity index (χ0n) is 10.3. The van der Waals surface area contributed by atoms with Crippen molar-refractivity contribution >= 4 is 11.6 Å². The molecule has 1 aromatic rings. The third kappa shape index (κ3) is 2.65. The van der Waals surface area contributed by atoms with E-state index in [1.807, 2.05) is 13.0 Å². The lowest BCUT2D eigenvalue weighted by atomic mass is 10.2. The molecule has 0 amide bonds. The van der Waals surface area contributed by atoms with Crippen LogP contribution in [0.5, 0.6) is 0 Å². The largest absolute Gasteiger partial charge is 0.377 e. The minimum absolute atomic E-state index is 0.378. The van der Waals surface area contributed by atoms with Crippen LogP contribution in [0.1, 0.15) is 19.2 Å². The lowest BCUT2D eigenvalue weighted by Crippen LogP contribution is -2.45. The molecule has 1 aromatic heterocycles. The molecule has 0 aromatic carbocycles. The number of nitrogens with two attached hydrogens (primary N) is 1. The molecular formula is C11H19N5O. The molecule has 0 radical (unpaired) electrons. The highest BCUT2D eigenvalue weighted by molar-refractivity contribution is 5.49. The van der Waals surface area contributed by atoms with Crippen LogP contribution < -0.4 is 16.2 Å². The summed E-state index contributed by atoms with van der Waals surface area (Å²) >= 11 is 0. The van der Waals surface area contributed by atoms with Crippen LogP contribution in [-0.2, 0) is 4.74 Å². The number of hydrazine groups is 1. The van der Waals surface area contributed by atoms with E-state index >= 15 is 0 Å². The molecule has 0 spiro atoms. The monoisotopic (exact) mass is 237 g/mol. The Bertz CT molecular complexity index is 384. The SMILES string of the molecule is CCC1COCCN1c1cc(NN)nc(C)n1. The van der Waals surface area contributed by atoms with Gasteiger partial charge in [-0.15, -0.1) is 0 Å². The summed E-state index contributed by atoms with van der Waals surface area (Å²) in [4.78, 5) is 10.9. The molecule has 1 fully saturated rings. The fourth-order valence-corrected chi connectivity index (χ4v) is 2.07. The summed E-state index contributed by atoms with van der Waals surface area (Å²) in [6, 6.07) is 2.25. The number of nitrogens with zero attached hydrogens (tertiary/aromatic N) is 3. The van der Waals surface area contributed by atoms with Gasteiger partial charge in [-0.25, -0.2) is 15.8 Å². The predicted molar refractivity (Wildman–Crippen MR) is 66.8 cm³/mol. The van der Waals surface area contributed by atoms with Crippen molar-refractivity contribution in [2.24, 2.45) is 5.84 Å². The van der Waals surface area contributed by atoms with Crippen LogP contribution in [0.25, 0.3) is 0 Å².